The van der Waals surface area contributed by atoms with Gasteiger partial charge in [0.05, 0.1) is 0 Å². The number of anilines is 1. The Kier molecular flexibility index (Phi) is 6.43. The van der Waals surface area contributed by atoms with Gasteiger partial charge in [0.15, 0.2) is 0 Å². The molecule has 0 radical (unpaired) electrons. The third-order valence-corrected chi connectivity index (χ3v) is 3.70. The fraction of sp³-hybridized carbons (Fsp3) is 0.533. The summed E-state index contributed by atoms with van der Waals surface area (Å²) in [5, 5.41) is 6.13. The fourth-order valence-corrected chi connectivity index (χ4v) is 2.53. The van der Waals surface area contributed by atoms with Crippen molar-refractivity contribution < 1.29 is 9.18 Å². The predicted octanol–water partition coefficient (Wildman–Crippen LogP) is 3.14. The van der Waals surface area contributed by atoms with E-state index in [2.05, 4.69) is 17.6 Å². The lowest BCUT2D eigenvalue weighted by Crippen LogP contribution is -2.40. The first kappa shape index (κ1) is 16.9. The Balaban J connectivity index is 0.00000200. The number of rotatable bonds is 3. The molecule has 20 heavy (non-hydrogen) atoms. The first-order valence-electron chi connectivity index (χ1n) is 6.92. The summed E-state index contributed by atoms with van der Waals surface area (Å²) in [7, 11) is 0. The van der Waals surface area contributed by atoms with Gasteiger partial charge in [-0.15, -0.1) is 12.4 Å². The van der Waals surface area contributed by atoms with E-state index in [0.29, 0.717) is 23.7 Å². The molecule has 1 aromatic rings. The number of benzene rings is 1. The molecule has 0 bridgehead atoms. The second kappa shape index (κ2) is 7.60. The lowest BCUT2D eigenvalue weighted by Gasteiger charge is -2.27. The van der Waals surface area contributed by atoms with E-state index in [1.165, 1.54) is 6.07 Å². The first-order valence-corrected chi connectivity index (χ1v) is 6.92. The summed E-state index contributed by atoms with van der Waals surface area (Å²) in [6.07, 6.45) is 2.33. The Morgan fingerprint density at radius 3 is 2.85 bits per heavy atom. The van der Waals surface area contributed by atoms with Crippen LogP contribution in [0.3, 0.4) is 0 Å². The van der Waals surface area contributed by atoms with Crippen LogP contribution in [0.2, 0.25) is 0 Å². The smallest absolute Gasteiger partial charge is 0.227 e. The van der Waals surface area contributed by atoms with Gasteiger partial charge in [0.2, 0.25) is 5.91 Å². The number of piperidine rings is 1. The van der Waals surface area contributed by atoms with Gasteiger partial charge in [0, 0.05) is 17.6 Å². The lowest BCUT2D eigenvalue weighted by atomic mass is 9.92. The van der Waals surface area contributed by atoms with Gasteiger partial charge in [-0.25, -0.2) is 4.39 Å². The Hall–Kier alpha value is -1.13. The zero-order valence-electron chi connectivity index (χ0n) is 11.9. The van der Waals surface area contributed by atoms with Crippen LogP contribution in [0, 0.1) is 11.7 Å². The van der Waals surface area contributed by atoms with Gasteiger partial charge in [-0.05, 0) is 50.4 Å². The monoisotopic (exact) mass is 300 g/mol. The molecular weight excluding hydrogens is 279 g/mol. The summed E-state index contributed by atoms with van der Waals surface area (Å²) in [4.78, 5) is 12.1. The van der Waals surface area contributed by atoms with Crippen molar-refractivity contribution in [3.05, 3.63) is 29.6 Å². The molecule has 0 saturated carbocycles. The van der Waals surface area contributed by atoms with Crippen molar-refractivity contribution in [2.45, 2.75) is 39.2 Å². The largest absolute Gasteiger partial charge is 0.326 e. The van der Waals surface area contributed by atoms with E-state index in [0.717, 1.165) is 19.4 Å². The SMILES string of the molecule is CCc1ccc(NC(=O)[C@H]2CCN[C@@H](C)C2)cc1F.Cl. The van der Waals surface area contributed by atoms with Crippen LogP contribution >= 0.6 is 12.4 Å². The summed E-state index contributed by atoms with van der Waals surface area (Å²) >= 11 is 0. The Labute approximate surface area is 125 Å². The number of halogens is 2. The minimum atomic E-state index is -0.251. The van der Waals surface area contributed by atoms with Crippen molar-refractivity contribution in [3.63, 3.8) is 0 Å². The van der Waals surface area contributed by atoms with Crippen LogP contribution in [0.4, 0.5) is 10.1 Å². The molecule has 2 rings (SSSR count). The molecule has 112 valence electrons. The molecule has 0 unspecified atom stereocenters. The quantitative estimate of drug-likeness (QED) is 0.900. The van der Waals surface area contributed by atoms with E-state index >= 15 is 0 Å². The molecule has 1 aliphatic heterocycles. The van der Waals surface area contributed by atoms with E-state index in [-0.39, 0.29) is 30.0 Å². The Bertz CT molecular complexity index is 467. The van der Waals surface area contributed by atoms with E-state index in [1.54, 1.807) is 12.1 Å². The average molecular weight is 301 g/mol. The highest BCUT2D eigenvalue weighted by Crippen LogP contribution is 2.20. The van der Waals surface area contributed by atoms with Crippen LogP contribution in [0.15, 0.2) is 18.2 Å². The molecule has 1 aromatic carbocycles. The molecule has 1 saturated heterocycles. The zero-order chi connectivity index (χ0) is 13.8. The van der Waals surface area contributed by atoms with Gasteiger partial charge in [0.1, 0.15) is 5.82 Å². The second-order valence-electron chi connectivity index (χ2n) is 5.23. The average Bonchev–Trinajstić information content (AvgIpc) is 2.39. The first-order chi connectivity index (χ1) is 9.10. The van der Waals surface area contributed by atoms with Gasteiger partial charge >= 0.3 is 0 Å². The van der Waals surface area contributed by atoms with Crippen LogP contribution < -0.4 is 10.6 Å². The van der Waals surface area contributed by atoms with Crippen molar-refractivity contribution >= 4 is 24.0 Å². The Morgan fingerprint density at radius 2 is 2.25 bits per heavy atom. The zero-order valence-corrected chi connectivity index (χ0v) is 12.7. The molecule has 0 spiro atoms. The predicted molar refractivity (Wildman–Crippen MR) is 81.8 cm³/mol. The molecule has 1 aliphatic rings. The lowest BCUT2D eigenvalue weighted by molar-refractivity contribution is -0.120. The summed E-state index contributed by atoms with van der Waals surface area (Å²) < 4.78 is 13.6. The van der Waals surface area contributed by atoms with Crippen molar-refractivity contribution in [3.8, 4) is 0 Å². The number of carbonyl (C=O) groups is 1. The van der Waals surface area contributed by atoms with Crippen LogP contribution in [0.1, 0.15) is 32.3 Å². The van der Waals surface area contributed by atoms with Gasteiger partial charge in [0.25, 0.3) is 0 Å². The Morgan fingerprint density at radius 1 is 1.50 bits per heavy atom. The molecule has 1 amide bonds. The summed E-state index contributed by atoms with van der Waals surface area (Å²) in [6.45, 7) is 4.85. The number of amides is 1. The standard InChI is InChI=1S/C15H21FN2O.ClH/c1-3-11-4-5-13(9-14(11)16)18-15(19)12-6-7-17-10(2)8-12;/h4-5,9-10,12,17H,3,6-8H2,1-2H3,(H,18,19);1H/t10-,12-;/m0./s1. The number of hydrogen-bond donors (Lipinski definition) is 2. The van der Waals surface area contributed by atoms with Crippen LogP contribution in [0.25, 0.3) is 0 Å². The summed E-state index contributed by atoms with van der Waals surface area (Å²) in [6, 6.07) is 5.27. The second-order valence-corrected chi connectivity index (χ2v) is 5.23. The van der Waals surface area contributed by atoms with Crippen molar-refractivity contribution in [2.24, 2.45) is 5.92 Å². The van der Waals surface area contributed by atoms with Gasteiger partial charge in [-0.2, -0.15) is 0 Å². The highest BCUT2D eigenvalue weighted by molar-refractivity contribution is 5.92. The van der Waals surface area contributed by atoms with E-state index in [1.807, 2.05) is 6.92 Å². The molecule has 2 atom stereocenters. The molecule has 1 fully saturated rings. The topological polar surface area (TPSA) is 41.1 Å². The fourth-order valence-electron chi connectivity index (χ4n) is 2.53. The van der Waals surface area contributed by atoms with Crippen molar-refractivity contribution in [2.75, 3.05) is 11.9 Å². The van der Waals surface area contributed by atoms with E-state index in [9.17, 15) is 9.18 Å². The van der Waals surface area contributed by atoms with Crippen molar-refractivity contribution in [1.82, 2.24) is 5.32 Å². The van der Waals surface area contributed by atoms with Crippen molar-refractivity contribution in [1.29, 1.82) is 0 Å². The molecule has 3 nitrogen and oxygen atoms in total. The third kappa shape index (κ3) is 4.18. The molecule has 1 heterocycles. The third-order valence-electron chi connectivity index (χ3n) is 3.70. The van der Waals surface area contributed by atoms with Gasteiger partial charge in [-0.3, -0.25) is 4.79 Å². The number of carbonyl (C=O) groups excluding carboxylic acids is 1. The van der Waals surface area contributed by atoms with Gasteiger partial charge in [-0.1, -0.05) is 13.0 Å². The highest BCUT2D eigenvalue weighted by atomic mass is 35.5. The van der Waals surface area contributed by atoms with Crippen LogP contribution in [-0.4, -0.2) is 18.5 Å². The number of nitrogens with one attached hydrogen (secondary N) is 2. The summed E-state index contributed by atoms with van der Waals surface area (Å²) in [5.74, 6) is -0.235. The van der Waals surface area contributed by atoms with Crippen LogP contribution in [-0.2, 0) is 11.2 Å². The van der Waals surface area contributed by atoms with Crippen LogP contribution in [0.5, 0.6) is 0 Å². The molecule has 0 aromatic heterocycles. The maximum atomic E-state index is 13.6. The normalized spacial score (nSPS) is 21.9. The van der Waals surface area contributed by atoms with E-state index in [4.69, 9.17) is 0 Å². The molecule has 0 aliphatic carbocycles. The molecular formula is C15H22ClFN2O. The number of aryl methyl sites for hydroxylation is 1. The maximum absolute atomic E-state index is 13.6. The maximum Gasteiger partial charge on any atom is 0.227 e. The van der Waals surface area contributed by atoms with Gasteiger partial charge < -0.3 is 10.6 Å². The number of hydrogen-bond acceptors (Lipinski definition) is 2. The van der Waals surface area contributed by atoms with E-state index < -0.39 is 0 Å². The molecule has 2 N–H and O–H groups in total. The minimum absolute atomic E-state index is 0. The summed E-state index contributed by atoms with van der Waals surface area (Å²) in [5.41, 5.74) is 1.22. The minimum Gasteiger partial charge on any atom is -0.326 e. The highest BCUT2D eigenvalue weighted by Gasteiger charge is 2.24. The molecule has 5 heteroatoms.